The van der Waals surface area contributed by atoms with E-state index in [9.17, 15) is 9.59 Å². The van der Waals surface area contributed by atoms with E-state index in [2.05, 4.69) is 20.6 Å². The molecule has 3 aromatic heterocycles. The van der Waals surface area contributed by atoms with Gasteiger partial charge in [0.2, 0.25) is 5.91 Å². The molecule has 0 atom stereocenters. The second-order valence-corrected chi connectivity index (χ2v) is 5.74. The average molecular weight is 342 g/mol. The molecule has 0 aromatic carbocycles. The molecule has 0 fully saturated rings. The van der Waals surface area contributed by atoms with Crippen molar-refractivity contribution < 1.29 is 14.0 Å². The van der Waals surface area contributed by atoms with E-state index >= 15 is 0 Å². The van der Waals surface area contributed by atoms with E-state index in [1.54, 1.807) is 41.9 Å². The SMILES string of the molecule is CC(=O)NCc1ccc(-c2csc(NC(=O)c3ccccn3)n2)o1. The van der Waals surface area contributed by atoms with E-state index < -0.39 is 0 Å². The fourth-order valence-electron chi connectivity index (χ4n) is 1.92. The van der Waals surface area contributed by atoms with Crippen molar-refractivity contribution in [2.45, 2.75) is 13.5 Å². The molecule has 0 saturated carbocycles. The molecule has 0 bridgehead atoms. The highest BCUT2D eigenvalue weighted by atomic mass is 32.1. The number of aromatic nitrogens is 2. The number of nitrogens with zero attached hydrogens (tertiary/aromatic N) is 2. The van der Waals surface area contributed by atoms with Crippen molar-refractivity contribution in [1.29, 1.82) is 0 Å². The van der Waals surface area contributed by atoms with E-state index in [-0.39, 0.29) is 11.8 Å². The number of hydrogen-bond acceptors (Lipinski definition) is 6. The third-order valence-corrected chi connectivity index (χ3v) is 3.81. The minimum Gasteiger partial charge on any atom is -0.458 e. The Bertz CT molecular complexity index is 857. The van der Waals surface area contributed by atoms with E-state index in [4.69, 9.17) is 4.42 Å². The molecule has 3 rings (SSSR count). The number of carbonyl (C=O) groups excluding carboxylic acids is 2. The number of pyridine rings is 1. The zero-order valence-corrected chi connectivity index (χ0v) is 13.6. The quantitative estimate of drug-likeness (QED) is 0.743. The van der Waals surface area contributed by atoms with Gasteiger partial charge in [0.25, 0.3) is 5.91 Å². The van der Waals surface area contributed by atoms with Gasteiger partial charge in [-0.25, -0.2) is 4.98 Å². The zero-order chi connectivity index (χ0) is 16.9. The van der Waals surface area contributed by atoms with Gasteiger partial charge in [-0.15, -0.1) is 11.3 Å². The van der Waals surface area contributed by atoms with E-state index in [1.165, 1.54) is 18.3 Å². The van der Waals surface area contributed by atoms with Crippen LogP contribution in [0.25, 0.3) is 11.5 Å². The van der Waals surface area contributed by atoms with Crippen molar-refractivity contribution in [2.75, 3.05) is 5.32 Å². The summed E-state index contributed by atoms with van der Waals surface area (Å²) in [5, 5.41) is 7.61. The minimum atomic E-state index is -0.317. The maximum Gasteiger partial charge on any atom is 0.276 e. The second-order valence-electron chi connectivity index (χ2n) is 4.88. The lowest BCUT2D eigenvalue weighted by molar-refractivity contribution is -0.119. The first-order valence-electron chi connectivity index (χ1n) is 7.13. The summed E-state index contributed by atoms with van der Waals surface area (Å²) in [6.45, 7) is 1.77. The molecule has 122 valence electrons. The molecule has 0 aliphatic rings. The monoisotopic (exact) mass is 342 g/mol. The maximum atomic E-state index is 12.0. The molecule has 0 saturated heterocycles. The average Bonchev–Trinajstić information content (AvgIpc) is 3.22. The van der Waals surface area contributed by atoms with Gasteiger partial charge in [-0.1, -0.05) is 6.07 Å². The van der Waals surface area contributed by atoms with E-state index in [0.29, 0.717) is 34.6 Å². The largest absolute Gasteiger partial charge is 0.458 e. The maximum absolute atomic E-state index is 12.0. The highest BCUT2D eigenvalue weighted by molar-refractivity contribution is 7.14. The van der Waals surface area contributed by atoms with Crippen LogP contribution in [0.4, 0.5) is 5.13 Å². The molecule has 2 N–H and O–H groups in total. The number of thiazole rings is 1. The summed E-state index contributed by atoms with van der Waals surface area (Å²) in [4.78, 5) is 31.3. The third-order valence-electron chi connectivity index (χ3n) is 3.05. The molecule has 24 heavy (non-hydrogen) atoms. The van der Waals surface area contributed by atoms with Crippen LogP contribution in [0.3, 0.4) is 0 Å². The molecule has 3 heterocycles. The van der Waals surface area contributed by atoms with Crippen LogP contribution in [-0.2, 0) is 11.3 Å². The van der Waals surface area contributed by atoms with Gasteiger partial charge >= 0.3 is 0 Å². The van der Waals surface area contributed by atoms with Crippen LogP contribution in [0, 0.1) is 0 Å². The molecule has 3 aromatic rings. The second kappa shape index (κ2) is 7.05. The number of hydrogen-bond donors (Lipinski definition) is 2. The summed E-state index contributed by atoms with van der Waals surface area (Å²) in [5.41, 5.74) is 0.940. The first-order chi connectivity index (χ1) is 11.6. The topological polar surface area (TPSA) is 97.1 Å². The summed E-state index contributed by atoms with van der Waals surface area (Å²) in [5.74, 6) is 0.764. The standard InChI is InChI=1S/C16H14N4O3S/c1-10(21)18-8-11-5-6-14(23-11)13-9-24-16(19-13)20-15(22)12-4-2-3-7-17-12/h2-7,9H,8H2,1H3,(H,18,21)(H,19,20,22). The highest BCUT2D eigenvalue weighted by Crippen LogP contribution is 2.26. The number of amides is 2. The Hall–Kier alpha value is -3.00. The Balaban J connectivity index is 1.67. The molecule has 0 aliphatic heterocycles. The predicted octanol–water partition coefficient (Wildman–Crippen LogP) is 2.69. The van der Waals surface area contributed by atoms with Crippen molar-refractivity contribution in [2.24, 2.45) is 0 Å². The van der Waals surface area contributed by atoms with Crippen LogP contribution < -0.4 is 10.6 Å². The van der Waals surface area contributed by atoms with Gasteiger partial charge in [-0.2, -0.15) is 0 Å². The number of furan rings is 1. The van der Waals surface area contributed by atoms with Gasteiger partial charge in [0, 0.05) is 18.5 Å². The Kier molecular flexibility index (Phi) is 4.66. The lowest BCUT2D eigenvalue weighted by atomic mass is 10.3. The number of anilines is 1. The molecule has 8 heteroatoms. The van der Waals surface area contributed by atoms with Gasteiger partial charge in [0.15, 0.2) is 10.9 Å². The fraction of sp³-hybridized carbons (Fsp3) is 0.125. The van der Waals surface area contributed by atoms with Crippen LogP contribution in [0.5, 0.6) is 0 Å². The number of nitrogens with one attached hydrogen (secondary N) is 2. The summed E-state index contributed by atoms with van der Waals surface area (Å²) >= 11 is 1.29. The summed E-state index contributed by atoms with van der Waals surface area (Å²) < 4.78 is 5.63. The summed E-state index contributed by atoms with van der Waals surface area (Å²) in [7, 11) is 0. The molecule has 2 amide bonds. The molecule has 0 spiro atoms. The molecule has 7 nitrogen and oxygen atoms in total. The van der Waals surface area contributed by atoms with Gasteiger partial charge < -0.3 is 9.73 Å². The van der Waals surface area contributed by atoms with Crippen molar-refractivity contribution in [3.05, 3.63) is 53.4 Å². The Labute approximate surface area is 141 Å². The van der Waals surface area contributed by atoms with Crippen molar-refractivity contribution in [3.8, 4) is 11.5 Å². The van der Waals surface area contributed by atoms with Crippen LogP contribution in [0.15, 0.2) is 46.3 Å². The highest BCUT2D eigenvalue weighted by Gasteiger charge is 2.12. The molecule has 0 unspecified atom stereocenters. The van der Waals surface area contributed by atoms with Gasteiger partial charge in [0.1, 0.15) is 17.1 Å². The predicted molar refractivity (Wildman–Crippen MR) is 89.5 cm³/mol. The van der Waals surface area contributed by atoms with Gasteiger partial charge in [-0.05, 0) is 24.3 Å². The Morgan fingerprint density at radius 1 is 1.25 bits per heavy atom. The van der Waals surface area contributed by atoms with Gasteiger partial charge in [0.05, 0.1) is 6.54 Å². The lowest BCUT2D eigenvalue weighted by Crippen LogP contribution is -2.18. The first kappa shape index (κ1) is 15.9. The van der Waals surface area contributed by atoms with Crippen molar-refractivity contribution >= 4 is 28.3 Å². The number of rotatable bonds is 5. The molecular weight excluding hydrogens is 328 g/mol. The number of carbonyl (C=O) groups is 2. The molecule has 0 aliphatic carbocycles. The fourth-order valence-corrected chi connectivity index (χ4v) is 2.62. The smallest absolute Gasteiger partial charge is 0.276 e. The van der Waals surface area contributed by atoms with E-state index in [0.717, 1.165) is 0 Å². The van der Waals surface area contributed by atoms with E-state index in [1.807, 2.05) is 0 Å². The first-order valence-corrected chi connectivity index (χ1v) is 8.01. The van der Waals surface area contributed by atoms with Crippen LogP contribution in [-0.4, -0.2) is 21.8 Å². The molecule has 0 radical (unpaired) electrons. The van der Waals surface area contributed by atoms with Crippen LogP contribution in [0.1, 0.15) is 23.2 Å². The lowest BCUT2D eigenvalue weighted by Gasteiger charge is -1.99. The Morgan fingerprint density at radius 2 is 2.12 bits per heavy atom. The third kappa shape index (κ3) is 3.85. The summed E-state index contributed by atoms with van der Waals surface area (Å²) in [6.07, 6.45) is 1.56. The minimum absolute atomic E-state index is 0.124. The summed E-state index contributed by atoms with van der Waals surface area (Å²) in [6, 6.07) is 8.67. The van der Waals surface area contributed by atoms with Gasteiger partial charge in [-0.3, -0.25) is 19.9 Å². The molecular formula is C16H14N4O3S. The Morgan fingerprint density at radius 3 is 2.88 bits per heavy atom. The normalized spacial score (nSPS) is 10.4. The zero-order valence-electron chi connectivity index (χ0n) is 12.8. The van der Waals surface area contributed by atoms with Crippen molar-refractivity contribution in [3.63, 3.8) is 0 Å². The van der Waals surface area contributed by atoms with Crippen LogP contribution in [0.2, 0.25) is 0 Å². The van der Waals surface area contributed by atoms with Crippen LogP contribution >= 0.6 is 11.3 Å². The van der Waals surface area contributed by atoms with Crippen molar-refractivity contribution in [1.82, 2.24) is 15.3 Å².